The fourth-order valence-corrected chi connectivity index (χ4v) is 5.01. The molecule has 1 aliphatic heterocycles. The van der Waals surface area contributed by atoms with E-state index in [1.807, 2.05) is 24.8 Å². The zero-order valence-corrected chi connectivity index (χ0v) is 19.8. The minimum atomic E-state index is -3.78. The fraction of sp³-hybridized carbons (Fsp3) is 0.240. The largest absolute Gasteiger partial charge is 0.352 e. The lowest BCUT2D eigenvalue weighted by Gasteiger charge is -2.35. The number of piperazine rings is 1. The molecule has 1 saturated heterocycles. The van der Waals surface area contributed by atoms with Gasteiger partial charge in [0.25, 0.3) is 15.9 Å². The van der Waals surface area contributed by atoms with Crippen LogP contribution in [-0.2, 0) is 10.0 Å². The topological polar surface area (TPSA) is 106 Å². The molecule has 0 aliphatic carbocycles. The summed E-state index contributed by atoms with van der Waals surface area (Å²) in [7, 11) is -3.78. The maximum atomic E-state index is 13.0. The number of sulfonamides is 1. The van der Waals surface area contributed by atoms with Crippen LogP contribution in [0, 0.1) is 25.2 Å². The average Bonchev–Trinajstić information content (AvgIpc) is 2.86. The van der Waals surface area contributed by atoms with Gasteiger partial charge in [-0.25, -0.2) is 13.4 Å². The van der Waals surface area contributed by atoms with E-state index < -0.39 is 10.0 Å². The predicted molar refractivity (Wildman–Crippen MR) is 130 cm³/mol. The Morgan fingerprint density at radius 2 is 1.71 bits per heavy atom. The Kier molecular flexibility index (Phi) is 6.52. The predicted octanol–water partition coefficient (Wildman–Crippen LogP) is 3.33. The van der Waals surface area contributed by atoms with Crippen LogP contribution in [0.5, 0.6) is 0 Å². The summed E-state index contributed by atoms with van der Waals surface area (Å²) in [6.07, 6.45) is 1.65. The van der Waals surface area contributed by atoms with Crippen LogP contribution >= 0.6 is 0 Å². The number of rotatable bonds is 5. The van der Waals surface area contributed by atoms with Gasteiger partial charge in [-0.2, -0.15) is 5.26 Å². The number of carbonyl (C=O) groups is 1. The Balaban J connectivity index is 1.42. The van der Waals surface area contributed by atoms with Gasteiger partial charge in [-0.05, 0) is 67.4 Å². The van der Waals surface area contributed by atoms with E-state index in [1.54, 1.807) is 47.5 Å². The number of nitriles is 1. The van der Waals surface area contributed by atoms with Gasteiger partial charge in [-0.1, -0.05) is 12.1 Å². The Bertz CT molecular complexity index is 1360. The van der Waals surface area contributed by atoms with Crippen LogP contribution in [0.25, 0.3) is 0 Å². The lowest BCUT2D eigenvalue weighted by atomic mass is 10.1. The second kappa shape index (κ2) is 9.53. The maximum absolute atomic E-state index is 13.0. The van der Waals surface area contributed by atoms with Gasteiger partial charge >= 0.3 is 0 Å². The number of aromatic nitrogens is 1. The Morgan fingerprint density at radius 1 is 1.00 bits per heavy atom. The third-order valence-electron chi connectivity index (χ3n) is 6.03. The van der Waals surface area contributed by atoms with Crippen molar-refractivity contribution in [1.29, 1.82) is 5.26 Å². The summed E-state index contributed by atoms with van der Waals surface area (Å²) in [5, 5.41) is 9.30. The van der Waals surface area contributed by atoms with E-state index in [-0.39, 0.29) is 10.8 Å². The molecule has 0 spiro atoms. The van der Waals surface area contributed by atoms with Crippen LogP contribution in [0.4, 0.5) is 11.5 Å². The summed E-state index contributed by atoms with van der Waals surface area (Å²) in [6, 6.07) is 17.0. The van der Waals surface area contributed by atoms with Crippen molar-refractivity contribution in [2.45, 2.75) is 18.7 Å². The zero-order valence-electron chi connectivity index (χ0n) is 19.0. The van der Waals surface area contributed by atoms with Gasteiger partial charge in [0.05, 0.1) is 16.1 Å². The number of benzene rings is 2. The quantitative estimate of drug-likeness (QED) is 0.607. The highest BCUT2D eigenvalue weighted by Gasteiger charge is 2.25. The molecule has 1 fully saturated rings. The van der Waals surface area contributed by atoms with Gasteiger partial charge in [0, 0.05) is 37.9 Å². The van der Waals surface area contributed by atoms with Crippen molar-refractivity contribution in [2.75, 3.05) is 35.8 Å². The normalized spacial score (nSPS) is 13.9. The number of hydrogen-bond acceptors (Lipinski definition) is 6. The molecule has 0 radical (unpaired) electrons. The SMILES string of the molecule is Cc1cccc(NS(=O)(=O)c2ccc(C(=O)N3CCN(c4ncccc4C#N)CC3)cc2)c1C. The molecule has 2 aromatic carbocycles. The second-order valence-corrected chi connectivity index (χ2v) is 9.83. The molecular weight excluding hydrogens is 450 g/mol. The van der Waals surface area contributed by atoms with E-state index in [1.165, 1.54) is 12.1 Å². The van der Waals surface area contributed by atoms with Crippen LogP contribution in [0.15, 0.2) is 65.7 Å². The summed E-state index contributed by atoms with van der Waals surface area (Å²) >= 11 is 0. The number of anilines is 2. The lowest BCUT2D eigenvalue weighted by Crippen LogP contribution is -2.49. The van der Waals surface area contributed by atoms with Gasteiger partial charge in [0.15, 0.2) is 0 Å². The molecule has 174 valence electrons. The maximum Gasteiger partial charge on any atom is 0.261 e. The van der Waals surface area contributed by atoms with Crippen molar-refractivity contribution < 1.29 is 13.2 Å². The molecule has 1 aliphatic rings. The number of amides is 1. The van der Waals surface area contributed by atoms with Crippen LogP contribution in [0.1, 0.15) is 27.0 Å². The summed E-state index contributed by atoms with van der Waals surface area (Å²) in [5.41, 5.74) is 3.33. The molecule has 1 aromatic heterocycles. The number of hydrogen-bond donors (Lipinski definition) is 1. The Morgan fingerprint density at radius 3 is 2.38 bits per heavy atom. The number of pyridine rings is 1. The first-order valence-corrected chi connectivity index (χ1v) is 12.4. The van der Waals surface area contributed by atoms with Crippen molar-refractivity contribution in [1.82, 2.24) is 9.88 Å². The minimum Gasteiger partial charge on any atom is -0.352 e. The standard InChI is InChI=1S/C25H25N5O3S/c1-18-5-3-7-23(19(18)2)28-34(32,33)22-10-8-20(9-11-22)25(31)30-15-13-29(14-16-30)24-21(17-26)6-4-12-27-24/h3-12,28H,13-16H2,1-2H3. The van der Waals surface area contributed by atoms with E-state index in [2.05, 4.69) is 15.8 Å². The number of nitrogens with one attached hydrogen (secondary N) is 1. The van der Waals surface area contributed by atoms with E-state index in [0.29, 0.717) is 48.8 Å². The summed E-state index contributed by atoms with van der Waals surface area (Å²) in [4.78, 5) is 21.1. The van der Waals surface area contributed by atoms with Crippen molar-refractivity contribution in [3.8, 4) is 6.07 Å². The zero-order chi connectivity index (χ0) is 24.3. The Labute approximate surface area is 199 Å². The summed E-state index contributed by atoms with van der Waals surface area (Å²) in [6.45, 7) is 5.87. The van der Waals surface area contributed by atoms with Crippen LogP contribution in [0.3, 0.4) is 0 Å². The molecule has 0 atom stereocenters. The highest BCUT2D eigenvalue weighted by molar-refractivity contribution is 7.92. The van der Waals surface area contributed by atoms with Gasteiger partial charge in [-0.3, -0.25) is 9.52 Å². The monoisotopic (exact) mass is 475 g/mol. The Hall–Kier alpha value is -3.90. The van der Waals surface area contributed by atoms with E-state index in [0.717, 1.165) is 11.1 Å². The molecule has 8 nitrogen and oxygen atoms in total. The molecule has 9 heteroatoms. The molecule has 1 amide bonds. The average molecular weight is 476 g/mol. The van der Waals surface area contributed by atoms with Crippen molar-refractivity contribution >= 4 is 27.4 Å². The summed E-state index contributed by atoms with van der Waals surface area (Å²) < 4.78 is 28.3. The highest BCUT2D eigenvalue weighted by Crippen LogP contribution is 2.23. The van der Waals surface area contributed by atoms with Crippen LogP contribution in [-0.4, -0.2) is 50.4 Å². The molecule has 34 heavy (non-hydrogen) atoms. The molecule has 0 saturated carbocycles. The number of aryl methyl sites for hydroxylation is 1. The van der Waals surface area contributed by atoms with Crippen molar-refractivity contribution in [3.63, 3.8) is 0 Å². The van der Waals surface area contributed by atoms with E-state index >= 15 is 0 Å². The third kappa shape index (κ3) is 4.72. The van der Waals surface area contributed by atoms with Gasteiger partial charge in [0.2, 0.25) is 0 Å². The first kappa shape index (κ1) is 23.3. The summed E-state index contributed by atoms with van der Waals surface area (Å²) in [5.74, 6) is 0.468. The molecular formula is C25H25N5O3S. The van der Waals surface area contributed by atoms with Gasteiger partial charge in [-0.15, -0.1) is 0 Å². The molecule has 3 aromatic rings. The van der Waals surface area contributed by atoms with Crippen LogP contribution < -0.4 is 9.62 Å². The third-order valence-corrected chi connectivity index (χ3v) is 7.42. The first-order valence-electron chi connectivity index (χ1n) is 10.9. The smallest absolute Gasteiger partial charge is 0.261 e. The first-order chi connectivity index (χ1) is 16.3. The molecule has 0 bridgehead atoms. The highest BCUT2D eigenvalue weighted by atomic mass is 32.2. The second-order valence-electron chi connectivity index (χ2n) is 8.14. The molecule has 2 heterocycles. The van der Waals surface area contributed by atoms with Crippen LogP contribution in [0.2, 0.25) is 0 Å². The lowest BCUT2D eigenvalue weighted by molar-refractivity contribution is 0.0746. The minimum absolute atomic E-state index is 0.0916. The van der Waals surface area contributed by atoms with Gasteiger partial charge < -0.3 is 9.80 Å². The molecule has 0 unspecified atom stereocenters. The van der Waals surface area contributed by atoms with E-state index in [4.69, 9.17) is 0 Å². The van der Waals surface area contributed by atoms with E-state index in [9.17, 15) is 18.5 Å². The van der Waals surface area contributed by atoms with Crippen molar-refractivity contribution in [2.24, 2.45) is 0 Å². The fourth-order valence-electron chi connectivity index (χ4n) is 3.88. The van der Waals surface area contributed by atoms with Crippen molar-refractivity contribution in [3.05, 3.63) is 83.0 Å². The molecule has 1 N–H and O–H groups in total. The number of carbonyl (C=O) groups excluding carboxylic acids is 1. The molecule has 4 rings (SSSR count). The van der Waals surface area contributed by atoms with Gasteiger partial charge in [0.1, 0.15) is 11.9 Å². The number of nitrogens with zero attached hydrogens (tertiary/aromatic N) is 4.